The van der Waals surface area contributed by atoms with Gasteiger partial charge < -0.3 is 19.9 Å². The molecule has 0 aromatic rings. The number of aliphatic hydroxyl groups excluding tert-OH is 1. The molecular weight excluding hydrogens is 158 g/mol. The molecule has 0 saturated carbocycles. The van der Waals surface area contributed by atoms with Gasteiger partial charge in [-0.25, -0.2) is 0 Å². The molecular formula is C8H19NO3. The molecule has 0 saturated heterocycles. The van der Waals surface area contributed by atoms with E-state index in [1.165, 1.54) is 0 Å². The van der Waals surface area contributed by atoms with E-state index in [-0.39, 0.29) is 25.0 Å². The summed E-state index contributed by atoms with van der Waals surface area (Å²) < 4.78 is 10.1. The Hall–Kier alpha value is -0.160. The summed E-state index contributed by atoms with van der Waals surface area (Å²) in [6.45, 7) is 3.97. The molecule has 0 fully saturated rings. The third-order valence-electron chi connectivity index (χ3n) is 1.69. The molecule has 0 heterocycles. The number of aliphatic hydroxyl groups is 1. The van der Waals surface area contributed by atoms with Gasteiger partial charge in [0.2, 0.25) is 0 Å². The molecule has 0 bridgehead atoms. The minimum Gasteiger partial charge on any atom is -0.395 e. The third-order valence-corrected chi connectivity index (χ3v) is 1.69. The van der Waals surface area contributed by atoms with E-state index >= 15 is 0 Å². The van der Waals surface area contributed by atoms with Gasteiger partial charge in [-0.05, 0) is 13.8 Å². The minimum absolute atomic E-state index is 0.0628. The molecule has 12 heavy (non-hydrogen) atoms. The largest absolute Gasteiger partial charge is 0.395 e. The normalized spacial score (nSPS) is 16.5. The van der Waals surface area contributed by atoms with E-state index in [9.17, 15) is 0 Å². The maximum atomic E-state index is 8.77. The maximum absolute atomic E-state index is 8.77. The Morgan fingerprint density at radius 3 is 2.08 bits per heavy atom. The first-order chi connectivity index (χ1) is 5.65. The number of ether oxygens (including phenoxy) is 2. The molecule has 0 aromatic carbocycles. The highest BCUT2D eigenvalue weighted by Crippen LogP contribution is 1.99. The van der Waals surface area contributed by atoms with Crippen LogP contribution in [0.3, 0.4) is 0 Å². The third kappa shape index (κ3) is 4.01. The van der Waals surface area contributed by atoms with Gasteiger partial charge in [-0.2, -0.15) is 0 Å². The highest BCUT2D eigenvalue weighted by atomic mass is 16.7. The van der Waals surface area contributed by atoms with Crippen molar-refractivity contribution >= 4 is 0 Å². The molecule has 0 radical (unpaired) electrons. The van der Waals surface area contributed by atoms with E-state index in [2.05, 4.69) is 5.32 Å². The maximum Gasteiger partial charge on any atom is 0.171 e. The van der Waals surface area contributed by atoms with Crippen LogP contribution in [-0.4, -0.2) is 44.3 Å². The van der Waals surface area contributed by atoms with Crippen molar-refractivity contribution < 1.29 is 14.6 Å². The van der Waals surface area contributed by atoms with Crippen LogP contribution >= 0.6 is 0 Å². The second-order valence-electron chi connectivity index (χ2n) is 2.88. The van der Waals surface area contributed by atoms with Gasteiger partial charge in [0.15, 0.2) is 6.29 Å². The molecule has 0 aliphatic carbocycles. The zero-order valence-corrected chi connectivity index (χ0v) is 8.20. The Morgan fingerprint density at radius 2 is 1.75 bits per heavy atom. The minimum atomic E-state index is -0.265. The summed E-state index contributed by atoms with van der Waals surface area (Å²) in [5.74, 6) is 0. The lowest BCUT2D eigenvalue weighted by Crippen LogP contribution is -2.45. The smallest absolute Gasteiger partial charge is 0.171 e. The quantitative estimate of drug-likeness (QED) is 0.559. The van der Waals surface area contributed by atoms with Crippen molar-refractivity contribution in [1.82, 2.24) is 5.32 Å². The second-order valence-corrected chi connectivity index (χ2v) is 2.88. The molecule has 4 nitrogen and oxygen atoms in total. The molecule has 2 atom stereocenters. The van der Waals surface area contributed by atoms with Crippen LogP contribution < -0.4 is 5.32 Å². The van der Waals surface area contributed by atoms with E-state index in [4.69, 9.17) is 14.6 Å². The summed E-state index contributed by atoms with van der Waals surface area (Å²) in [4.78, 5) is 0. The molecule has 0 spiro atoms. The van der Waals surface area contributed by atoms with Crippen LogP contribution in [-0.2, 0) is 9.47 Å². The lowest BCUT2D eigenvalue weighted by Gasteiger charge is -2.24. The lowest BCUT2D eigenvalue weighted by atomic mass is 10.2. The molecule has 0 amide bonds. The van der Waals surface area contributed by atoms with Crippen LogP contribution in [0, 0.1) is 0 Å². The SMILES string of the molecule is COC(OC)C(C)NC(C)CO. The number of hydrogen-bond acceptors (Lipinski definition) is 4. The van der Waals surface area contributed by atoms with Gasteiger partial charge in [-0.3, -0.25) is 0 Å². The Labute approximate surface area is 73.9 Å². The van der Waals surface area contributed by atoms with Gasteiger partial charge in [0.25, 0.3) is 0 Å². The van der Waals surface area contributed by atoms with Crippen LogP contribution in [0.4, 0.5) is 0 Å². The number of hydrogen-bond donors (Lipinski definition) is 2. The number of methoxy groups -OCH3 is 2. The van der Waals surface area contributed by atoms with E-state index in [0.717, 1.165) is 0 Å². The predicted octanol–water partition coefficient (Wildman–Crippen LogP) is -0.0358. The van der Waals surface area contributed by atoms with Crippen molar-refractivity contribution in [2.45, 2.75) is 32.2 Å². The van der Waals surface area contributed by atoms with Crippen molar-refractivity contribution in [1.29, 1.82) is 0 Å². The summed E-state index contributed by atoms with van der Waals surface area (Å²) in [5.41, 5.74) is 0. The van der Waals surface area contributed by atoms with E-state index < -0.39 is 0 Å². The van der Waals surface area contributed by atoms with E-state index in [1.807, 2.05) is 13.8 Å². The monoisotopic (exact) mass is 177 g/mol. The first-order valence-electron chi connectivity index (χ1n) is 4.08. The summed E-state index contributed by atoms with van der Waals surface area (Å²) in [7, 11) is 3.19. The summed E-state index contributed by atoms with van der Waals surface area (Å²) in [6.07, 6.45) is -0.265. The van der Waals surface area contributed by atoms with Crippen molar-refractivity contribution in [3.8, 4) is 0 Å². The molecule has 2 unspecified atom stereocenters. The van der Waals surface area contributed by atoms with Gasteiger partial charge in [0.1, 0.15) is 0 Å². The second kappa shape index (κ2) is 6.37. The average Bonchev–Trinajstić information content (AvgIpc) is 2.06. The summed E-state index contributed by atoms with van der Waals surface area (Å²) in [5, 5.41) is 11.9. The van der Waals surface area contributed by atoms with Crippen LogP contribution in [0.5, 0.6) is 0 Å². The zero-order valence-electron chi connectivity index (χ0n) is 8.20. The van der Waals surface area contributed by atoms with Crippen LogP contribution in [0.25, 0.3) is 0 Å². The Morgan fingerprint density at radius 1 is 1.25 bits per heavy atom. The van der Waals surface area contributed by atoms with Crippen LogP contribution in [0.2, 0.25) is 0 Å². The van der Waals surface area contributed by atoms with Gasteiger partial charge in [0, 0.05) is 20.3 Å². The van der Waals surface area contributed by atoms with Gasteiger partial charge in [-0.1, -0.05) is 0 Å². The molecule has 0 rings (SSSR count). The fourth-order valence-corrected chi connectivity index (χ4v) is 1.08. The van der Waals surface area contributed by atoms with Gasteiger partial charge >= 0.3 is 0 Å². The van der Waals surface area contributed by atoms with Crippen molar-refractivity contribution in [2.24, 2.45) is 0 Å². The highest BCUT2D eigenvalue weighted by Gasteiger charge is 2.16. The molecule has 0 aliphatic heterocycles. The summed E-state index contributed by atoms with van der Waals surface area (Å²) in [6, 6.07) is 0.134. The van der Waals surface area contributed by atoms with Crippen molar-refractivity contribution in [3.63, 3.8) is 0 Å². The Kier molecular flexibility index (Phi) is 6.28. The lowest BCUT2D eigenvalue weighted by molar-refractivity contribution is -0.121. The van der Waals surface area contributed by atoms with E-state index in [1.54, 1.807) is 14.2 Å². The first kappa shape index (κ1) is 11.8. The van der Waals surface area contributed by atoms with Crippen LogP contribution in [0.1, 0.15) is 13.8 Å². The molecule has 2 N–H and O–H groups in total. The zero-order chi connectivity index (χ0) is 9.56. The Bertz CT molecular complexity index is 106. The van der Waals surface area contributed by atoms with Crippen LogP contribution in [0.15, 0.2) is 0 Å². The molecule has 4 heteroatoms. The summed E-state index contributed by atoms with van der Waals surface area (Å²) >= 11 is 0. The first-order valence-corrected chi connectivity index (χ1v) is 4.08. The fourth-order valence-electron chi connectivity index (χ4n) is 1.08. The standard InChI is InChI=1S/C8H19NO3/c1-6(5-10)9-7(2)8(11-3)12-4/h6-10H,5H2,1-4H3. The Balaban J connectivity index is 3.75. The van der Waals surface area contributed by atoms with Gasteiger partial charge in [0.05, 0.1) is 12.6 Å². The average molecular weight is 177 g/mol. The number of nitrogens with one attached hydrogen (secondary N) is 1. The van der Waals surface area contributed by atoms with Crippen molar-refractivity contribution in [2.75, 3.05) is 20.8 Å². The predicted molar refractivity (Wildman–Crippen MR) is 47.0 cm³/mol. The highest BCUT2D eigenvalue weighted by molar-refractivity contribution is 4.69. The molecule has 74 valence electrons. The number of rotatable bonds is 6. The molecule has 0 aliphatic rings. The van der Waals surface area contributed by atoms with E-state index in [0.29, 0.717) is 0 Å². The van der Waals surface area contributed by atoms with Crippen molar-refractivity contribution in [3.05, 3.63) is 0 Å². The fraction of sp³-hybridized carbons (Fsp3) is 1.00. The molecule has 0 aromatic heterocycles. The van der Waals surface area contributed by atoms with Gasteiger partial charge in [-0.15, -0.1) is 0 Å². The topological polar surface area (TPSA) is 50.7 Å².